The first-order chi connectivity index (χ1) is 12.2. The van der Waals surface area contributed by atoms with Crippen LogP contribution in [0.2, 0.25) is 0 Å². The molecule has 0 aliphatic carbocycles. The fraction of sp³-hybridized carbons (Fsp3) is 0.250. The van der Waals surface area contributed by atoms with Crippen molar-refractivity contribution in [2.75, 3.05) is 6.54 Å². The Morgan fingerprint density at radius 3 is 2.64 bits per heavy atom. The van der Waals surface area contributed by atoms with Gasteiger partial charge in [0.25, 0.3) is 5.91 Å². The lowest BCUT2D eigenvalue weighted by Gasteiger charge is -2.21. The second-order valence-corrected chi connectivity index (χ2v) is 6.34. The highest BCUT2D eigenvalue weighted by Gasteiger charge is 2.34. The Bertz CT molecular complexity index is 871. The maximum atomic E-state index is 12.8. The van der Waals surface area contributed by atoms with Gasteiger partial charge in [-0.3, -0.25) is 4.79 Å². The number of nitrogens with zero attached hydrogens (tertiary/aromatic N) is 3. The zero-order valence-electron chi connectivity index (χ0n) is 14.1. The van der Waals surface area contributed by atoms with E-state index in [2.05, 4.69) is 10.1 Å². The maximum absolute atomic E-state index is 12.8. The number of rotatable bonds is 3. The Balaban J connectivity index is 1.59. The van der Waals surface area contributed by atoms with E-state index in [0.717, 1.165) is 18.4 Å². The molecule has 1 unspecified atom stereocenters. The second kappa shape index (κ2) is 6.51. The molecular weight excluding hydrogens is 314 g/mol. The minimum atomic E-state index is -0.153. The van der Waals surface area contributed by atoms with Crippen LogP contribution in [0.25, 0.3) is 11.4 Å². The van der Waals surface area contributed by atoms with E-state index in [1.165, 1.54) is 5.56 Å². The molecule has 4 rings (SSSR count). The molecule has 0 radical (unpaired) electrons. The molecular formula is C20H19N3O2. The van der Waals surface area contributed by atoms with E-state index >= 15 is 0 Å². The zero-order chi connectivity index (χ0) is 17.2. The van der Waals surface area contributed by atoms with E-state index in [4.69, 9.17) is 4.52 Å². The van der Waals surface area contributed by atoms with Gasteiger partial charge in [-0.15, -0.1) is 0 Å². The minimum absolute atomic E-state index is 0.0122. The number of aryl methyl sites for hydroxylation is 1. The molecule has 5 nitrogen and oxygen atoms in total. The fourth-order valence-corrected chi connectivity index (χ4v) is 3.20. The van der Waals surface area contributed by atoms with E-state index in [0.29, 0.717) is 23.8 Å². The van der Waals surface area contributed by atoms with Crippen molar-refractivity contribution >= 4 is 5.91 Å². The standard InChI is InChI=1S/C20H19N3O2/c1-14-9-11-15(12-10-14)18-21-19(25-22-18)17-8-5-13-23(17)20(24)16-6-3-2-4-7-16/h2-4,6-7,9-12,17H,5,8,13H2,1H3. The topological polar surface area (TPSA) is 59.2 Å². The molecule has 5 heteroatoms. The van der Waals surface area contributed by atoms with Crippen molar-refractivity contribution in [2.45, 2.75) is 25.8 Å². The predicted molar refractivity (Wildman–Crippen MR) is 93.9 cm³/mol. The molecule has 1 fully saturated rings. The normalized spacial score (nSPS) is 17.0. The van der Waals surface area contributed by atoms with Crippen LogP contribution in [-0.4, -0.2) is 27.5 Å². The number of likely N-dealkylation sites (tertiary alicyclic amines) is 1. The van der Waals surface area contributed by atoms with Crippen molar-refractivity contribution in [3.05, 3.63) is 71.6 Å². The number of hydrogen-bond donors (Lipinski definition) is 0. The molecule has 1 amide bonds. The summed E-state index contributed by atoms with van der Waals surface area (Å²) in [5.41, 5.74) is 2.79. The summed E-state index contributed by atoms with van der Waals surface area (Å²) in [4.78, 5) is 19.2. The summed E-state index contributed by atoms with van der Waals surface area (Å²) in [5.74, 6) is 1.09. The van der Waals surface area contributed by atoms with Crippen LogP contribution in [0.5, 0.6) is 0 Å². The van der Waals surface area contributed by atoms with Crippen molar-refractivity contribution in [1.82, 2.24) is 15.0 Å². The number of carbonyl (C=O) groups is 1. The van der Waals surface area contributed by atoms with E-state index < -0.39 is 0 Å². The third-order valence-corrected chi connectivity index (χ3v) is 4.57. The number of hydrogen-bond acceptors (Lipinski definition) is 4. The zero-order valence-corrected chi connectivity index (χ0v) is 14.1. The lowest BCUT2D eigenvalue weighted by atomic mass is 10.1. The number of benzene rings is 2. The van der Waals surface area contributed by atoms with Crippen molar-refractivity contribution in [1.29, 1.82) is 0 Å². The van der Waals surface area contributed by atoms with Gasteiger partial charge in [-0.1, -0.05) is 53.2 Å². The summed E-state index contributed by atoms with van der Waals surface area (Å²) in [5, 5.41) is 4.10. The molecule has 25 heavy (non-hydrogen) atoms. The predicted octanol–water partition coefficient (Wildman–Crippen LogP) is 4.02. The maximum Gasteiger partial charge on any atom is 0.254 e. The van der Waals surface area contributed by atoms with E-state index in [1.807, 2.05) is 66.4 Å². The molecule has 1 atom stereocenters. The van der Waals surface area contributed by atoms with Crippen molar-refractivity contribution in [3.8, 4) is 11.4 Å². The van der Waals surface area contributed by atoms with Crippen LogP contribution in [0.4, 0.5) is 0 Å². The van der Waals surface area contributed by atoms with Crippen LogP contribution in [0, 0.1) is 6.92 Å². The van der Waals surface area contributed by atoms with Crippen LogP contribution in [-0.2, 0) is 0 Å². The van der Waals surface area contributed by atoms with Crippen LogP contribution < -0.4 is 0 Å². The highest BCUT2D eigenvalue weighted by Crippen LogP contribution is 2.33. The van der Waals surface area contributed by atoms with Crippen molar-refractivity contribution in [3.63, 3.8) is 0 Å². The monoisotopic (exact) mass is 333 g/mol. The molecule has 0 N–H and O–H groups in total. The van der Waals surface area contributed by atoms with Gasteiger partial charge in [0.1, 0.15) is 6.04 Å². The molecule has 2 heterocycles. The second-order valence-electron chi connectivity index (χ2n) is 6.34. The van der Waals surface area contributed by atoms with Crippen LogP contribution in [0.15, 0.2) is 59.1 Å². The third-order valence-electron chi connectivity index (χ3n) is 4.57. The Labute approximate surface area is 146 Å². The number of carbonyl (C=O) groups excluding carboxylic acids is 1. The average Bonchev–Trinajstić information content (AvgIpc) is 3.31. The van der Waals surface area contributed by atoms with E-state index in [-0.39, 0.29) is 11.9 Å². The molecule has 126 valence electrons. The molecule has 0 saturated carbocycles. The summed E-state index contributed by atoms with van der Waals surface area (Å²) in [6.07, 6.45) is 1.78. The number of aromatic nitrogens is 2. The summed E-state index contributed by atoms with van der Waals surface area (Å²) in [6.45, 7) is 2.75. The largest absolute Gasteiger partial charge is 0.337 e. The first-order valence-corrected chi connectivity index (χ1v) is 8.49. The summed E-state index contributed by atoms with van der Waals surface area (Å²) in [6, 6.07) is 17.2. The Morgan fingerprint density at radius 1 is 1.12 bits per heavy atom. The highest BCUT2D eigenvalue weighted by atomic mass is 16.5. The van der Waals surface area contributed by atoms with Crippen molar-refractivity contribution in [2.24, 2.45) is 0 Å². The van der Waals surface area contributed by atoms with Crippen LogP contribution >= 0.6 is 0 Å². The molecule has 1 saturated heterocycles. The van der Waals surface area contributed by atoms with Gasteiger partial charge < -0.3 is 9.42 Å². The SMILES string of the molecule is Cc1ccc(-c2noc(C3CCCN3C(=O)c3ccccc3)n2)cc1. The van der Waals surface area contributed by atoms with Gasteiger partial charge in [-0.25, -0.2) is 0 Å². The summed E-state index contributed by atoms with van der Waals surface area (Å²) in [7, 11) is 0. The van der Waals surface area contributed by atoms with Crippen LogP contribution in [0.3, 0.4) is 0 Å². The number of amides is 1. The smallest absolute Gasteiger partial charge is 0.254 e. The van der Waals surface area contributed by atoms with Gasteiger partial charge in [-0.05, 0) is 31.9 Å². The Morgan fingerprint density at radius 2 is 1.88 bits per heavy atom. The first kappa shape index (κ1) is 15.6. The molecule has 2 aromatic carbocycles. The van der Waals surface area contributed by atoms with Crippen molar-refractivity contribution < 1.29 is 9.32 Å². The quantitative estimate of drug-likeness (QED) is 0.726. The molecule has 1 aliphatic rings. The lowest BCUT2D eigenvalue weighted by Crippen LogP contribution is -2.30. The first-order valence-electron chi connectivity index (χ1n) is 8.49. The van der Waals surface area contributed by atoms with Gasteiger partial charge in [0.05, 0.1) is 0 Å². The van der Waals surface area contributed by atoms with Gasteiger partial charge in [0.15, 0.2) is 0 Å². The van der Waals surface area contributed by atoms with E-state index in [1.54, 1.807) is 0 Å². The van der Waals surface area contributed by atoms with E-state index in [9.17, 15) is 4.79 Å². The summed E-state index contributed by atoms with van der Waals surface area (Å²) >= 11 is 0. The average molecular weight is 333 g/mol. The third kappa shape index (κ3) is 3.05. The van der Waals surface area contributed by atoms with Gasteiger partial charge in [0, 0.05) is 17.7 Å². The molecule has 1 aliphatic heterocycles. The Kier molecular flexibility index (Phi) is 4.06. The Hall–Kier alpha value is -2.95. The van der Waals surface area contributed by atoms with Gasteiger partial charge in [-0.2, -0.15) is 4.98 Å². The lowest BCUT2D eigenvalue weighted by molar-refractivity contribution is 0.0710. The van der Waals surface area contributed by atoms with Crippen LogP contribution in [0.1, 0.15) is 40.7 Å². The molecule has 0 bridgehead atoms. The fourth-order valence-electron chi connectivity index (χ4n) is 3.20. The molecule has 1 aromatic heterocycles. The van der Waals surface area contributed by atoms with Gasteiger partial charge >= 0.3 is 0 Å². The summed E-state index contributed by atoms with van der Waals surface area (Å²) < 4.78 is 5.49. The van der Waals surface area contributed by atoms with Gasteiger partial charge in [0.2, 0.25) is 11.7 Å². The molecule has 3 aromatic rings. The minimum Gasteiger partial charge on any atom is -0.337 e. The molecule has 0 spiro atoms. The highest BCUT2D eigenvalue weighted by molar-refractivity contribution is 5.94.